The van der Waals surface area contributed by atoms with Crippen LogP contribution in [-0.4, -0.2) is 47.1 Å². The van der Waals surface area contributed by atoms with Crippen molar-refractivity contribution in [2.75, 3.05) is 31.1 Å². The van der Waals surface area contributed by atoms with E-state index in [2.05, 4.69) is 15.0 Å². The summed E-state index contributed by atoms with van der Waals surface area (Å²) >= 11 is 0. The van der Waals surface area contributed by atoms with Crippen LogP contribution in [-0.2, 0) is 6.42 Å². The molecule has 1 aliphatic rings. The topological polar surface area (TPSA) is 62.5 Å². The minimum atomic E-state index is -0.0726. The lowest BCUT2D eigenvalue weighted by Gasteiger charge is -2.35. The van der Waals surface area contributed by atoms with Crippen LogP contribution in [0.4, 0.5) is 5.69 Å². The van der Waals surface area contributed by atoms with E-state index < -0.39 is 0 Å². The highest BCUT2D eigenvalue weighted by Crippen LogP contribution is 2.16. The number of carbonyl (C=O) groups excluding carboxylic acids is 1. The Morgan fingerprint density at radius 1 is 1.24 bits per heavy atom. The molecule has 2 aromatic heterocycles. The summed E-state index contributed by atoms with van der Waals surface area (Å²) in [6.45, 7) is 4.97. The van der Waals surface area contributed by atoms with Crippen LogP contribution < -0.4 is 4.90 Å². The number of hydrogen-bond donors (Lipinski definition) is 0. The molecule has 0 atom stereocenters. The molecular weight excluding hydrogens is 268 g/mol. The average Bonchev–Trinajstić information content (AvgIpc) is 3.04. The van der Waals surface area contributed by atoms with Crippen LogP contribution in [0, 0.1) is 0 Å². The molecule has 0 radical (unpaired) electrons. The van der Waals surface area contributed by atoms with Crippen molar-refractivity contribution in [3.05, 3.63) is 42.0 Å². The van der Waals surface area contributed by atoms with Crippen LogP contribution >= 0.6 is 0 Å². The molecule has 0 saturated carbocycles. The van der Waals surface area contributed by atoms with Crippen LogP contribution in [0.15, 0.2) is 35.1 Å². The molecule has 3 rings (SSSR count). The molecule has 6 heteroatoms. The number of nitrogens with zero attached hydrogens (tertiary/aromatic N) is 4. The number of aromatic nitrogens is 2. The van der Waals surface area contributed by atoms with E-state index in [1.165, 1.54) is 0 Å². The Balaban J connectivity index is 1.61. The van der Waals surface area contributed by atoms with Crippen molar-refractivity contribution in [2.45, 2.75) is 13.3 Å². The van der Waals surface area contributed by atoms with Gasteiger partial charge in [-0.3, -0.25) is 9.78 Å². The monoisotopic (exact) mass is 286 g/mol. The fraction of sp³-hybridized carbons (Fsp3) is 0.400. The average molecular weight is 286 g/mol. The highest BCUT2D eigenvalue weighted by Gasteiger charge is 2.24. The number of piperazine rings is 1. The molecule has 110 valence electrons. The molecule has 0 bridgehead atoms. The number of anilines is 1. The Morgan fingerprint density at radius 3 is 2.57 bits per heavy atom. The molecule has 2 aromatic rings. The van der Waals surface area contributed by atoms with Crippen molar-refractivity contribution in [1.82, 2.24) is 15.0 Å². The smallest absolute Gasteiger partial charge is 0.292 e. The zero-order valence-corrected chi connectivity index (χ0v) is 12.0. The van der Waals surface area contributed by atoms with Crippen molar-refractivity contribution in [3.8, 4) is 0 Å². The summed E-state index contributed by atoms with van der Waals surface area (Å²) < 4.78 is 5.12. The summed E-state index contributed by atoms with van der Waals surface area (Å²) in [6.07, 6.45) is 4.34. The molecule has 1 fully saturated rings. The van der Waals surface area contributed by atoms with Gasteiger partial charge in [0.1, 0.15) is 0 Å². The summed E-state index contributed by atoms with van der Waals surface area (Å²) in [5, 5.41) is 3.87. The van der Waals surface area contributed by atoms with Crippen molar-refractivity contribution in [1.29, 1.82) is 0 Å². The van der Waals surface area contributed by atoms with Crippen molar-refractivity contribution < 1.29 is 9.32 Å². The molecule has 0 unspecified atom stereocenters. The number of rotatable bonds is 3. The van der Waals surface area contributed by atoms with Gasteiger partial charge < -0.3 is 14.3 Å². The standard InChI is InChI=1S/C15H18N4O2/c1-2-12-11-14(21-17-12)15(20)19-9-7-18(8-10-19)13-3-5-16-6-4-13/h3-6,11H,2,7-10H2,1H3. The van der Waals surface area contributed by atoms with Crippen molar-refractivity contribution >= 4 is 11.6 Å². The summed E-state index contributed by atoms with van der Waals surface area (Å²) in [5.74, 6) is 0.265. The molecule has 0 aromatic carbocycles. The minimum absolute atomic E-state index is 0.0726. The van der Waals surface area contributed by atoms with Gasteiger partial charge in [-0.25, -0.2) is 0 Å². The maximum Gasteiger partial charge on any atom is 0.292 e. The van der Waals surface area contributed by atoms with E-state index in [9.17, 15) is 4.79 Å². The van der Waals surface area contributed by atoms with E-state index in [0.29, 0.717) is 18.8 Å². The number of aryl methyl sites for hydroxylation is 1. The van der Waals surface area contributed by atoms with Crippen LogP contribution in [0.2, 0.25) is 0 Å². The fourth-order valence-electron chi connectivity index (χ4n) is 2.46. The maximum atomic E-state index is 12.3. The highest BCUT2D eigenvalue weighted by atomic mass is 16.5. The van der Waals surface area contributed by atoms with E-state index in [-0.39, 0.29) is 5.91 Å². The Bertz CT molecular complexity index is 603. The predicted molar refractivity (Wildman–Crippen MR) is 78.2 cm³/mol. The number of hydrogen-bond acceptors (Lipinski definition) is 5. The molecular formula is C15H18N4O2. The quantitative estimate of drug-likeness (QED) is 0.857. The Labute approximate surface area is 123 Å². The van der Waals surface area contributed by atoms with Crippen LogP contribution in [0.25, 0.3) is 0 Å². The predicted octanol–water partition coefficient (Wildman–Crippen LogP) is 1.59. The van der Waals surface area contributed by atoms with Gasteiger partial charge in [-0.15, -0.1) is 0 Å². The minimum Gasteiger partial charge on any atom is -0.368 e. The SMILES string of the molecule is CCc1cc(C(=O)N2CCN(c3ccncc3)CC2)on1. The lowest BCUT2D eigenvalue weighted by atomic mass is 10.2. The zero-order valence-electron chi connectivity index (χ0n) is 12.0. The van der Waals surface area contributed by atoms with Crippen LogP contribution in [0.5, 0.6) is 0 Å². The summed E-state index contributed by atoms with van der Waals surface area (Å²) in [7, 11) is 0. The third-order valence-electron chi connectivity index (χ3n) is 3.73. The molecule has 1 amide bonds. The molecule has 0 spiro atoms. The first-order chi connectivity index (χ1) is 10.3. The van der Waals surface area contributed by atoms with Crippen LogP contribution in [0.1, 0.15) is 23.2 Å². The summed E-state index contributed by atoms with van der Waals surface area (Å²) in [4.78, 5) is 20.4. The van der Waals surface area contributed by atoms with Crippen molar-refractivity contribution in [2.24, 2.45) is 0 Å². The van der Waals surface area contributed by atoms with Crippen LogP contribution in [0.3, 0.4) is 0 Å². The van der Waals surface area contributed by atoms with Gasteiger partial charge in [0, 0.05) is 50.3 Å². The first-order valence-electron chi connectivity index (χ1n) is 7.17. The van der Waals surface area contributed by atoms with E-state index in [1.54, 1.807) is 18.5 Å². The lowest BCUT2D eigenvalue weighted by Crippen LogP contribution is -2.48. The summed E-state index contributed by atoms with van der Waals surface area (Å²) in [5.41, 5.74) is 1.96. The van der Waals surface area contributed by atoms with Crippen molar-refractivity contribution in [3.63, 3.8) is 0 Å². The third kappa shape index (κ3) is 2.89. The first kappa shape index (κ1) is 13.6. The van der Waals surface area contributed by atoms with E-state index in [0.717, 1.165) is 30.9 Å². The second-order valence-corrected chi connectivity index (χ2v) is 5.02. The Kier molecular flexibility index (Phi) is 3.85. The molecule has 21 heavy (non-hydrogen) atoms. The first-order valence-corrected chi connectivity index (χ1v) is 7.17. The number of carbonyl (C=O) groups is 1. The van der Waals surface area contributed by atoms with E-state index >= 15 is 0 Å². The van der Waals surface area contributed by atoms with Gasteiger partial charge in [0.15, 0.2) is 0 Å². The Morgan fingerprint density at radius 2 is 1.95 bits per heavy atom. The largest absolute Gasteiger partial charge is 0.368 e. The maximum absolute atomic E-state index is 12.3. The second kappa shape index (κ2) is 5.95. The number of pyridine rings is 1. The molecule has 1 saturated heterocycles. The van der Waals surface area contributed by atoms with Gasteiger partial charge >= 0.3 is 0 Å². The van der Waals surface area contributed by atoms with Gasteiger partial charge in [-0.05, 0) is 18.6 Å². The highest BCUT2D eigenvalue weighted by molar-refractivity contribution is 5.91. The van der Waals surface area contributed by atoms with Gasteiger partial charge in [0.2, 0.25) is 5.76 Å². The van der Waals surface area contributed by atoms with Gasteiger partial charge in [0.05, 0.1) is 5.69 Å². The van der Waals surface area contributed by atoms with Gasteiger partial charge in [-0.2, -0.15) is 0 Å². The third-order valence-corrected chi connectivity index (χ3v) is 3.73. The molecule has 0 N–H and O–H groups in total. The molecule has 0 aliphatic carbocycles. The summed E-state index contributed by atoms with van der Waals surface area (Å²) in [6, 6.07) is 5.71. The van der Waals surface area contributed by atoms with Gasteiger partial charge in [0.25, 0.3) is 5.91 Å². The zero-order chi connectivity index (χ0) is 14.7. The fourth-order valence-corrected chi connectivity index (χ4v) is 2.46. The Hall–Kier alpha value is -2.37. The van der Waals surface area contributed by atoms with E-state index in [1.807, 2.05) is 24.0 Å². The second-order valence-electron chi connectivity index (χ2n) is 5.02. The number of amides is 1. The molecule has 6 nitrogen and oxygen atoms in total. The lowest BCUT2D eigenvalue weighted by molar-refractivity contribution is 0.0704. The molecule has 3 heterocycles. The van der Waals surface area contributed by atoms with E-state index in [4.69, 9.17) is 4.52 Å². The normalized spacial score (nSPS) is 15.3. The molecule has 1 aliphatic heterocycles. The van der Waals surface area contributed by atoms with Gasteiger partial charge in [-0.1, -0.05) is 12.1 Å².